The molecule has 5 rings (SSSR count). The zero-order chi connectivity index (χ0) is 39.4. The van der Waals surface area contributed by atoms with Gasteiger partial charge in [0, 0.05) is 13.2 Å². The number of hydrogen-bond acceptors (Lipinski definition) is 7. The van der Waals surface area contributed by atoms with Gasteiger partial charge in [-0.25, -0.2) is 0 Å². The third kappa shape index (κ3) is 17.6. The van der Waals surface area contributed by atoms with Gasteiger partial charge < -0.3 is 33.5 Å². The van der Waals surface area contributed by atoms with Gasteiger partial charge in [0.2, 0.25) is 0 Å². The van der Waals surface area contributed by atoms with Crippen LogP contribution in [0.25, 0.3) is 0 Å². The molecule has 4 aromatic carbocycles. The Balaban J connectivity index is 1.21. The molecular weight excluding hydrogens is 713 g/mol. The molecule has 0 radical (unpaired) electrons. The summed E-state index contributed by atoms with van der Waals surface area (Å²) in [6.45, 7) is 2.88. The lowest BCUT2D eigenvalue weighted by molar-refractivity contribution is -0.328. The second-order valence-corrected chi connectivity index (χ2v) is 15.4. The molecule has 1 fully saturated rings. The summed E-state index contributed by atoms with van der Waals surface area (Å²) in [5, 5.41) is 8.93. The molecule has 1 N–H and O–H groups in total. The molecule has 0 bridgehead atoms. The van der Waals surface area contributed by atoms with Crippen molar-refractivity contribution in [3.63, 3.8) is 0 Å². The molecule has 0 amide bonds. The van der Waals surface area contributed by atoms with Crippen molar-refractivity contribution in [2.24, 2.45) is 0 Å². The molecule has 57 heavy (non-hydrogen) atoms. The maximum atomic E-state index is 8.93. The number of hydrogen-bond donors (Lipinski definition) is 1. The van der Waals surface area contributed by atoms with E-state index in [-0.39, 0.29) is 0 Å². The largest absolute Gasteiger partial charge is 0.396 e. The summed E-state index contributed by atoms with van der Waals surface area (Å²) >= 11 is 0. The Morgan fingerprint density at radius 2 is 0.754 bits per heavy atom. The Morgan fingerprint density at radius 1 is 0.386 bits per heavy atom. The molecule has 0 spiro atoms. The highest BCUT2D eigenvalue weighted by Gasteiger charge is 2.49. The second kappa shape index (κ2) is 28.1. The van der Waals surface area contributed by atoms with Crippen LogP contribution in [0.4, 0.5) is 0 Å². The first kappa shape index (κ1) is 44.7. The van der Waals surface area contributed by atoms with Gasteiger partial charge in [0.05, 0.1) is 33.0 Å². The van der Waals surface area contributed by atoms with Crippen LogP contribution in [0.3, 0.4) is 0 Å². The molecule has 0 unspecified atom stereocenters. The third-order valence-electron chi connectivity index (χ3n) is 10.7. The van der Waals surface area contributed by atoms with Crippen LogP contribution in [0.1, 0.15) is 112 Å². The summed E-state index contributed by atoms with van der Waals surface area (Å²) in [5.41, 5.74) is 4.32. The fourth-order valence-electron chi connectivity index (χ4n) is 7.42. The smallest absolute Gasteiger partial charge is 0.186 e. The molecule has 4 aromatic rings. The Labute approximate surface area is 343 Å². The molecular formula is C50H68O7. The van der Waals surface area contributed by atoms with Crippen LogP contribution in [0.15, 0.2) is 121 Å². The minimum absolute atomic E-state index is 0.315. The van der Waals surface area contributed by atoms with Crippen LogP contribution in [-0.4, -0.2) is 55.6 Å². The predicted molar refractivity (Wildman–Crippen MR) is 227 cm³/mol. The molecule has 0 aromatic heterocycles. The maximum absolute atomic E-state index is 8.93. The Morgan fingerprint density at radius 3 is 1.19 bits per heavy atom. The zero-order valence-electron chi connectivity index (χ0n) is 34.2. The molecule has 1 aliphatic rings. The number of rotatable bonds is 30. The van der Waals surface area contributed by atoms with Crippen molar-refractivity contribution in [3.8, 4) is 0 Å². The lowest BCUT2D eigenvalue weighted by Gasteiger charge is -2.46. The van der Waals surface area contributed by atoms with Gasteiger partial charge in [-0.05, 0) is 35.1 Å². The first-order valence-electron chi connectivity index (χ1n) is 21.8. The van der Waals surface area contributed by atoms with Gasteiger partial charge in [0.1, 0.15) is 24.4 Å². The molecule has 1 saturated heterocycles. The van der Waals surface area contributed by atoms with Gasteiger partial charge in [0.25, 0.3) is 0 Å². The molecule has 0 saturated carbocycles. The quantitative estimate of drug-likeness (QED) is 0.0528. The van der Waals surface area contributed by atoms with E-state index < -0.39 is 30.7 Å². The van der Waals surface area contributed by atoms with Crippen molar-refractivity contribution < 1.29 is 33.5 Å². The summed E-state index contributed by atoms with van der Waals surface area (Å²) < 4.78 is 40.2. The van der Waals surface area contributed by atoms with Gasteiger partial charge >= 0.3 is 0 Å². The summed E-state index contributed by atoms with van der Waals surface area (Å²) in [7, 11) is 0. The van der Waals surface area contributed by atoms with E-state index >= 15 is 0 Å². The Bertz CT molecular complexity index is 1520. The SMILES string of the molecule is OCCCCCCCCCCCCCCCCO[C@@H]1O[C@H](COCc2ccccc2)[C@H](OCc2ccccc2)[C@H](OCc2ccccc2)[C@H]1OCc1ccccc1. The van der Waals surface area contributed by atoms with Crippen LogP contribution >= 0.6 is 0 Å². The predicted octanol–water partition coefficient (Wildman–Crippen LogP) is 11.2. The van der Waals surface area contributed by atoms with Crippen molar-refractivity contribution in [3.05, 3.63) is 144 Å². The number of benzene rings is 4. The van der Waals surface area contributed by atoms with Crippen LogP contribution in [0.5, 0.6) is 0 Å². The minimum Gasteiger partial charge on any atom is -0.396 e. The van der Waals surface area contributed by atoms with E-state index in [9.17, 15) is 0 Å². The highest BCUT2D eigenvalue weighted by atomic mass is 16.7. The summed E-state index contributed by atoms with van der Waals surface area (Å²) in [4.78, 5) is 0. The van der Waals surface area contributed by atoms with Crippen LogP contribution in [-0.2, 0) is 54.8 Å². The topological polar surface area (TPSA) is 75.6 Å². The minimum atomic E-state index is -0.661. The van der Waals surface area contributed by atoms with Gasteiger partial charge in [-0.1, -0.05) is 198 Å². The fourth-order valence-corrected chi connectivity index (χ4v) is 7.42. The number of ether oxygens (including phenoxy) is 6. The normalized spacial score (nSPS) is 19.5. The van der Waals surface area contributed by atoms with Crippen LogP contribution in [0, 0.1) is 0 Å². The standard InChI is InChI=1S/C50H68O7/c51-35-25-11-9-7-5-3-1-2-4-6-8-10-12-26-36-53-50-49(56-40-45-33-23-16-24-34-45)48(55-39-44-31-21-15-22-32-44)47(54-38-43-29-19-14-20-30-43)46(57-50)41-52-37-42-27-17-13-18-28-42/h13-24,27-34,46-51H,1-12,25-26,35-41H2/t46-,47+,48+,49-,50-/m1/s1. The molecule has 7 heteroatoms. The Hall–Kier alpha value is -3.40. The first-order valence-corrected chi connectivity index (χ1v) is 21.8. The zero-order valence-corrected chi connectivity index (χ0v) is 34.2. The number of aliphatic hydroxyl groups excluding tert-OH is 1. The van der Waals surface area contributed by atoms with E-state index in [2.05, 4.69) is 48.5 Å². The van der Waals surface area contributed by atoms with Crippen molar-refractivity contribution in [2.75, 3.05) is 19.8 Å². The summed E-state index contributed by atoms with van der Waals surface area (Å²) in [5.74, 6) is 0. The van der Waals surface area contributed by atoms with Gasteiger partial charge in [-0.3, -0.25) is 0 Å². The van der Waals surface area contributed by atoms with Crippen molar-refractivity contribution in [1.82, 2.24) is 0 Å². The summed E-state index contributed by atoms with van der Waals surface area (Å²) in [6, 6.07) is 40.9. The first-order chi connectivity index (χ1) is 28.3. The second-order valence-electron chi connectivity index (χ2n) is 15.4. The van der Waals surface area contributed by atoms with E-state index in [0.29, 0.717) is 46.2 Å². The van der Waals surface area contributed by atoms with Crippen molar-refractivity contribution in [1.29, 1.82) is 0 Å². The van der Waals surface area contributed by atoms with Crippen LogP contribution < -0.4 is 0 Å². The van der Waals surface area contributed by atoms with Crippen molar-refractivity contribution >= 4 is 0 Å². The van der Waals surface area contributed by atoms with Gasteiger partial charge in [0.15, 0.2) is 6.29 Å². The fraction of sp³-hybridized carbons (Fsp3) is 0.520. The number of unbranched alkanes of at least 4 members (excludes halogenated alkanes) is 13. The lowest BCUT2D eigenvalue weighted by atomic mass is 9.97. The maximum Gasteiger partial charge on any atom is 0.186 e. The van der Waals surface area contributed by atoms with Gasteiger partial charge in [-0.2, -0.15) is 0 Å². The van der Waals surface area contributed by atoms with E-state index in [4.69, 9.17) is 33.5 Å². The van der Waals surface area contributed by atoms with E-state index in [1.807, 2.05) is 72.8 Å². The summed E-state index contributed by atoms with van der Waals surface area (Å²) in [6.07, 6.45) is 14.6. The van der Waals surface area contributed by atoms with E-state index in [0.717, 1.165) is 47.9 Å². The molecule has 5 atom stereocenters. The molecule has 1 aliphatic heterocycles. The number of aliphatic hydroxyl groups is 1. The molecule has 7 nitrogen and oxygen atoms in total. The highest BCUT2D eigenvalue weighted by Crippen LogP contribution is 2.32. The Kier molecular flexibility index (Phi) is 22.0. The molecule has 0 aliphatic carbocycles. The van der Waals surface area contributed by atoms with Crippen LogP contribution in [0.2, 0.25) is 0 Å². The molecule has 1 heterocycles. The van der Waals surface area contributed by atoms with E-state index in [1.165, 1.54) is 64.2 Å². The van der Waals surface area contributed by atoms with Gasteiger partial charge in [-0.15, -0.1) is 0 Å². The lowest BCUT2D eigenvalue weighted by Crippen LogP contribution is -2.61. The third-order valence-corrected chi connectivity index (χ3v) is 10.7. The average molecular weight is 781 g/mol. The van der Waals surface area contributed by atoms with E-state index in [1.54, 1.807) is 0 Å². The highest BCUT2D eigenvalue weighted by molar-refractivity contribution is 5.16. The molecule has 310 valence electrons. The monoisotopic (exact) mass is 780 g/mol. The van der Waals surface area contributed by atoms with Crippen molar-refractivity contribution in [2.45, 2.75) is 147 Å². The average Bonchev–Trinajstić information content (AvgIpc) is 3.26.